The highest BCUT2D eigenvalue weighted by Gasteiger charge is 2.05. The molecule has 20 heavy (non-hydrogen) atoms. The summed E-state index contributed by atoms with van der Waals surface area (Å²) in [6.45, 7) is 11.2. The van der Waals surface area contributed by atoms with E-state index in [0.717, 1.165) is 38.3 Å². The van der Waals surface area contributed by atoms with Crippen LogP contribution in [-0.2, 0) is 6.42 Å². The maximum Gasteiger partial charge on any atom is 0.125 e. The number of para-hydroxylation sites is 1. The van der Waals surface area contributed by atoms with Crippen LogP contribution in [0.4, 0.5) is 0 Å². The quantitative estimate of drug-likeness (QED) is 0.481. The fraction of sp³-hybridized carbons (Fsp3) is 0.556. The van der Waals surface area contributed by atoms with Crippen LogP contribution in [0.15, 0.2) is 30.9 Å². The van der Waals surface area contributed by atoms with Gasteiger partial charge in [-0.25, -0.2) is 0 Å². The molecule has 0 radical (unpaired) electrons. The van der Waals surface area contributed by atoms with Crippen molar-refractivity contribution in [3.05, 3.63) is 42.0 Å². The number of unbranched alkanes of at least 4 members (excludes halogenated alkanes) is 2. The Morgan fingerprint density at radius 1 is 1.20 bits per heavy atom. The third kappa shape index (κ3) is 6.25. The average Bonchev–Trinajstić information content (AvgIpc) is 2.44. The topological polar surface area (TPSA) is 21.3 Å². The minimum absolute atomic E-state index is 0.796. The Hall–Kier alpha value is -1.28. The van der Waals surface area contributed by atoms with Gasteiger partial charge in [0.1, 0.15) is 5.75 Å². The molecule has 0 saturated heterocycles. The van der Waals surface area contributed by atoms with E-state index >= 15 is 0 Å². The van der Waals surface area contributed by atoms with E-state index in [1.807, 2.05) is 6.08 Å². The molecule has 2 heteroatoms. The standard InChI is InChI=1S/C18H29NO/c1-4-6-13-19-14-7-8-15-20-18-16(3)11-9-12-17(18)10-5-2/h5,9,11-12,19H,2,4,6-8,10,13-15H2,1,3H3. The van der Waals surface area contributed by atoms with Gasteiger partial charge in [-0.2, -0.15) is 0 Å². The van der Waals surface area contributed by atoms with E-state index in [1.54, 1.807) is 0 Å². The Morgan fingerprint density at radius 2 is 2.00 bits per heavy atom. The van der Waals surface area contributed by atoms with Crippen molar-refractivity contribution in [1.82, 2.24) is 5.32 Å². The largest absolute Gasteiger partial charge is 0.493 e. The predicted molar refractivity (Wildman–Crippen MR) is 87.6 cm³/mol. The summed E-state index contributed by atoms with van der Waals surface area (Å²) in [6, 6.07) is 6.31. The number of ether oxygens (including phenoxy) is 1. The van der Waals surface area contributed by atoms with Crippen LogP contribution < -0.4 is 10.1 Å². The summed E-state index contributed by atoms with van der Waals surface area (Å²) >= 11 is 0. The van der Waals surface area contributed by atoms with Crippen LogP contribution in [0, 0.1) is 6.92 Å². The van der Waals surface area contributed by atoms with Gasteiger partial charge in [0.05, 0.1) is 6.61 Å². The molecule has 1 aromatic rings. The van der Waals surface area contributed by atoms with Crippen LogP contribution in [0.1, 0.15) is 43.7 Å². The number of allylic oxidation sites excluding steroid dienone is 1. The van der Waals surface area contributed by atoms with Gasteiger partial charge in [0.15, 0.2) is 0 Å². The first-order valence-corrected chi connectivity index (χ1v) is 7.82. The zero-order valence-corrected chi connectivity index (χ0v) is 13.1. The molecular formula is C18H29NO. The van der Waals surface area contributed by atoms with Gasteiger partial charge in [0.2, 0.25) is 0 Å². The molecule has 0 aliphatic carbocycles. The maximum atomic E-state index is 5.97. The van der Waals surface area contributed by atoms with E-state index in [0.29, 0.717) is 0 Å². The second kappa shape index (κ2) is 10.5. The highest BCUT2D eigenvalue weighted by molar-refractivity contribution is 5.41. The van der Waals surface area contributed by atoms with Crippen molar-refractivity contribution in [2.75, 3.05) is 19.7 Å². The van der Waals surface area contributed by atoms with Gasteiger partial charge in [-0.15, -0.1) is 6.58 Å². The van der Waals surface area contributed by atoms with Gasteiger partial charge in [-0.1, -0.05) is 37.6 Å². The van der Waals surface area contributed by atoms with Crippen molar-refractivity contribution in [2.45, 2.75) is 46.0 Å². The monoisotopic (exact) mass is 275 g/mol. The molecule has 0 unspecified atom stereocenters. The Bertz CT molecular complexity index is 387. The molecule has 0 heterocycles. The van der Waals surface area contributed by atoms with Gasteiger partial charge < -0.3 is 10.1 Å². The van der Waals surface area contributed by atoms with Crippen molar-refractivity contribution < 1.29 is 4.74 Å². The van der Waals surface area contributed by atoms with Gasteiger partial charge in [-0.05, 0) is 56.8 Å². The highest BCUT2D eigenvalue weighted by Crippen LogP contribution is 2.24. The predicted octanol–water partition coefficient (Wildman–Crippen LogP) is 4.27. The van der Waals surface area contributed by atoms with Crippen LogP contribution in [0.2, 0.25) is 0 Å². The van der Waals surface area contributed by atoms with Crippen LogP contribution in [0.25, 0.3) is 0 Å². The molecule has 112 valence electrons. The Labute approximate surface area is 124 Å². The third-order valence-corrected chi connectivity index (χ3v) is 3.36. The number of benzene rings is 1. The summed E-state index contributed by atoms with van der Waals surface area (Å²) in [4.78, 5) is 0. The average molecular weight is 275 g/mol. The first kappa shape index (κ1) is 16.8. The molecule has 0 fully saturated rings. The molecule has 1 aromatic carbocycles. The fourth-order valence-electron chi connectivity index (χ4n) is 2.19. The normalized spacial score (nSPS) is 10.5. The summed E-state index contributed by atoms with van der Waals surface area (Å²) in [5.74, 6) is 1.05. The molecule has 0 spiro atoms. The molecule has 0 atom stereocenters. The van der Waals surface area contributed by atoms with Gasteiger partial charge >= 0.3 is 0 Å². The van der Waals surface area contributed by atoms with Crippen molar-refractivity contribution in [3.63, 3.8) is 0 Å². The van der Waals surface area contributed by atoms with Crippen molar-refractivity contribution in [3.8, 4) is 5.75 Å². The number of hydrogen-bond acceptors (Lipinski definition) is 2. The summed E-state index contributed by atoms with van der Waals surface area (Å²) in [5, 5.41) is 3.46. The second-order valence-electron chi connectivity index (χ2n) is 5.22. The van der Waals surface area contributed by atoms with E-state index in [2.05, 4.69) is 43.9 Å². The van der Waals surface area contributed by atoms with E-state index in [1.165, 1.54) is 30.4 Å². The Kier molecular flexibility index (Phi) is 8.81. The summed E-state index contributed by atoms with van der Waals surface area (Å²) in [5.41, 5.74) is 2.45. The van der Waals surface area contributed by atoms with Crippen molar-refractivity contribution in [2.24, 2.45) is 0 Å². The summed E-state index contributed by atoms with van der Waals surface area (Å²) in [7, 11) is 0. The number of nitrogens with one attached hydrogen (secondary N) is 1. The number of rotatable bonds is 11. The first-order valence-electron chi connectivity index (χ1n) is 7.82. The molecular weight excluding hydrogens is 246 g/mol. The molecule has 0 saturated carbocycles. The molecule has 0 aromatic heterocycles. The van der Waals surface area contributed by atoms with Gasteiger partial charge in [0.25, 0.3) is 0 Å². The number of hydrogen-bond donors (Lipinski definition) is 1. The lowest BCUT2D eigenvalue weighted by molar-refractivity contribution is 0.301. The minimum atomic E-state index is 0.796. The maximum absolute atomic E-state index is 5.97. The van der Waals surface area contributed by atoms with Crippen LogP contribution in [0.3, 0.4) is 0 Å². The SMILES string of the molecule is C=CCc1cccc(C)c1OCCCCNCCCC. The molecule has 0 amide bonds. The van der Waals surface area contributed by atoms with Gasteiger partial charge in [-0.3, -0.25) is 0 Å². The molecule has 1 N–H and O–H groups in total. The first-order chi connectivity index (χ1) is 9.79. The molecule has 2 nitrogen and oxygen atoms in total. The summed E-state index contributed by atoms with van der Waals surface area (Å²) < 4.78 is 5.97. The fourth-order valence-corrected chi connectivity index (χ4v) is 2.19. The third-order valence-electron chi connectivity index (χ3n) is 3.36. The minimum Gasteiger partial charge on any atom is -0.493 e. The van der Waals surface area contributed by atoms with Crippen LogP contribution in [-0.4, -0.2) is 19.7 Å². The number of aryl methyl sites for hydroxylation is 1. The molecule has 1 rings (SSSR count). The zero-order valence-electron chi connectivity index (χ0n) is 13.1. The zero-order chi connectivity index (χ0) is 14.6. The Morgan fingerprint density at radius 3 is 2.75 bits per heavy atom. The van der Waals surface area contributed by atoms with Gasteiger partial charge in [0, 0.05) is 0 Å². The van der Waals surface area contributed by atoms with Crippen LogP contribution >= 0.6 is 0 Å². The van der Waals surface area contributed by atoms with E-state index < -0.39 is 0 Å². The molecule has 0 aliphatic heterocycles. The lowest BCUT2D eigenvalue weighted by Gasteiger charge is -2.13. The molecule has 0 aliphatic rings. The lowest BCUT2D eigenvalue weighted by atomic mass is 10.1. The van der Waals surface area contributed by atoms with Crippen molar-refractivity contribution in [1.29, 1.82) is 0 Å². The molecule has 0 bridgehead atoms. The van der Waals surface area contributed by atoms with Crippen molar-refractivity contribution >= 4 is 0 Å². The highest BCUT2D eigenvalue weighted by atomic mass is 16.5. The summed E-state index contributed by atoms with van der Waals surface area (Å²) in [6.07, 6.45) is 7.60. The second-order valence-corrected chi connectivity index (χ2v) is 5.22. The van der Waals surface area contributed by atoms with E-state index in [4.69, 9.17) is 4.74 Å². The van der Waals surface area contributed by atoms with E-state index in [-0.39, 0.29) is 0 Å². The smallest absolute Gasteiger partial charge is 0.125 e. The Balaban J connectivity index is 2.26. The van der Waals surface area contributed by atoms with Crippen LogP contribution in [0.5, 0.6) is 5.75 Å². The lowest BCUT2D eigenvalue weighted by Crippen LogP contribution is -2.17. The van der Waals surface area contributed by atoms with E-state index in [9.17, 15) is 0 Å².